The number of amides is 3. The van der Waals surface area contributed by atoms with Gasteiger partial charge in [-0.1, -0.05) is 49.6 Å². The molecule has 5 rings (SSSR count). The number of carbonyl (C=O) groups is 3. The van der Waals surface area contributed by atoms with Gasteiger partial charge in [0.05, 0.1) is 23.2 Å². The van der Waals surface area contributed by atoms with Gasteiger partial charge in [0.25, 0.3) is 0 Å². The summed E-state index contributed by atoms with van der Waals surface area (Å²) >= 11 is 1.68. The lowest BCUT2D eigenvalue weighted by molar-refractivity contribution is -0.141. The first-order chi connectivity index (χ1) is 16.4. The van der Waals surface area contributed by atoms with Crippen LogP contribution in [0.25, 0.3) is 0 Å². The van der Waals surface area contributed by atoms with Crippen LogP contribution in [0.4, 0.5) is 0 Å². The highest BCUT2D eigenvalue weighted by atomic mass is 32.2. The molecule has 1 saturated carbocycles. The minimum atomic E-state index is -0.641. The van der Waals surface area contributed by atoms with Crippen molar-refractivity contribution in [3.8, 4) is 0 Å². The number of hydrogen-bond donors (Lipinski definition) is 3. The van der Waals surface area contributed by atoms with Crippen molar-refractivity contribution in [3.63, 3.8) is 0 Å². The Morgan fingerprint density at radius 2 is 1.85 bits per heavy atom. The molecule has 3 amide bonds. The quantitative estimate of drug-likeness (QED) is 0.550. The summed E-state index contributed by atoms with van der Waals surface area (Å²) in [5, 5.41) is 16.0. The Labute approximate surface area is 205 Å². The van der Waals surface area contributed by atoms with Gasteiger partial charge < -0.3 is 20.6 Å². The molecule has 3 heterocycles. The fourth-order valence-electron chi connectivity index (χ4n) is 6.90. The molecular weight excluding hydrogens is 450 g/mol. The molecule has 184 valence electrons. The third-order valence-electron chi connectivity index (χ3n) is 8.41. The van der Waals surface area contributed by atoms with Gasteiger partial charge in [-0.3, -0.25) is 14.4 Å². The Balaban J connectivity index is 1.41. The Bertz CT molecular complexity index is 953. The minimum Gasteiger partial charge on any atom is -0.395 e. The van der Waals surface area contributed by atoms with Crippen molar-refractivity contribution in [1.29, 1.82) is 0 Å². The van der Waals surface area contributed by atoms with Gasteiger partial charge >= 0.3 is 0 Å². The minimum absolute atomic E-state index is 0.113. The van der Waals surface area contributed by atoms with Crippen molar-refractivity contribution in [2.75, 3.05) is 13.2 Å². The van der Waals surface area contributed by atoms with E-state index >= 15 is 0 Å². The fraction of sp³-hybridized carbons (Fsp3) is 0.654. The Kier molecular flexibility index (Phi) is 6.40. The van der Waals surface area contributed by atoms with Crippen LogP contribution in [0.15, 0.2) is 30.3 Å². The fourth-order valence-corrected chi connectivity index (χ4v) is 9.25. The van der Waals surface area contributed by atoms with E-state index in [2.05, 4.69) is 17.6 Å². The number of β-amino-alcohol motifs (C(OH)–C–C–N with tert-alkyl or cyclic N) is 1. The summed E-state index contributed by atoms with van der Waals surface area (Å²) in [6, 6.07) is 9.25. The second-order valence-electron chi connectivity index (χ2n) is 10.5. The van der Waals surface area contributed by atoms with Crippen molar-refractivity contribution in [2.24, 2.45) is 11.8 Å². The molecule has 3 N–H and O–H groups in total. The van der Waals surface area contributed by atoms with Gasteiger partial charge in [0.1, 0.15) is 6.04 Å². The first-order valence-corrected chi connectivity index (χ1v) is 13.4. The molecule has 1 aromatic carbocycles. The van der Waals surface area contributed by atoms with E-state index in [4.69, 9.17) is 0 Å². The van der Waals surface area contributed by atoms with Crippen LogP contribution >= 0.6 is 11.8 Å². The normalized spacial score (nSPS) is 34.8. The zero-order chi connectivity index (χ0) is 23.9. The van der Waals surface area contributed by atoms with E-state index in [1.54, 1.807) is 16.7 Å². The summed E-state index contributed by atoms with van der Waals surface area (Å²) < 4.78 is -0.996. The highest BCUT2D eigenvalue weighted by Gasteiger charge is 2.77. The highest BCUT2D eigenvalue weighted by molar-refractivity contribution is 8.02. The van der Waals surface area contributed by atoms with Crippen LogP contribution in [0.1, 0.15) is 57.4 Å². The molecule has 0 radical (unpaired) electrons. The monoisotopic (exact) mass is 485 g/mol. The molecule has 1 aliphatic carbocycles. The van der Waals surface area contributed by atoms with Gasteiger partial charge in [0.15, 0.2) is 0 Å². The first-order valence-electron chi connectivity index (χ1n) is 12.6. The standard InChI is InChI=1S/C26H35N3O4S/c1-25-12-13-26(34-25)20(19(25)22(31)27-16-17-8-4-2-5-9-17)24(33)29(14-15-30)21(26)23(32)28-18-10-6-3-7-11-18/h2,4-5,8-9,18-21,30H,3,6-7,10-16H2,1H3,(H,27,31)(H,28,32)/t19-,20+,21?,25+,26?/m1/s1. The maximum absolute atomic E-state index is 13.7. The number of hydrogen-bond acceptors (Lipinski definition) is 5. The number of carbonyl (C=O) groups excluding carboxylic acids is 3. The maximum Gasteiger partial charge on any atom is 0.244 e. The number of likely N-dealkylation sites (tertiary alicyclic amines) is 1. The summed E-state index contributed by atoms with van der Waals surface area (Å²) in [6.45, 7) is 2.41. The lowest BCUT2D eigenvalue weighted by atomic mass is 9.66. The maximum atomic E-state index is 13.7. The number of aliphatic hydroxyl groups is 1. The molecule has 4 aliphatic rings. The highest BCUT2D eigenvalue weighted by Crippen LogP contribution is 2.71. The number of nitrogens with zero attached hydrogens (tertiary/aromatic N) is 1. The molecule has 2 bridgehead atoms. The van der Waals surface area contributed by atoms with Gasteiger partial charge in [0, 0.05) is 23.9 Å². The van der Waals surface area contributed by atoms with E-state index in [0.29, 0.717) is 6.54 Å². The van der Waals surface area contributed by atoms with Crippen molar-refractivity contribution < 1.29 is 19.5 Å². The topological polar surface area (TPSA) is 98.7 Å². The average molecular weight is 486 g/mol. The number of nitrogens with one attached hydrogen (secondary N) is 2. The molecule has 2 unspecified atom stereocenters. The Morgan fingerprint density at radius 1 is 1.12 bits per heavy atom. The second kappa shape index (κ2) is 9.19. The molecular formula is C26H35N3O4S. The molecule has 4 fully saturated rings. The summed E-state index contributed by atoms with van der Waals surface area (Å²) in [6.07, 6.45) is 6.89. The van der Waals surface area contributed by atoms with Crippen LogP contribution in [0.2, 0.25) is 0 Å². The Morgan fingerprint density at radius 3 is 2.56 bits per heavy atom. The van der Waals surface area contributed by atoms with Gasteiger partial charge in [-0.2, -0.15) is 0 Å². The van der Waals surface area contributed by atoms with Gasteiger partial charge in [-0.05, 0) is 38.2 Å². The van der Waals surface area contributed by atoms with E-state index in [1.165, 1.54) is 6.42 Å². The molecule has 3 aliphatic heterocycles. The van der Waals surface area contributed by atoms with Crippen LogP contribution in [0, 0.1) is 11.8 Å². The molecule has 3 saturated heterocycles. The van der Waals surface area contributed by atoms with Crippen LogP contribution in [0.3, 0.4) is 0 Å². The van der Waals surface area contributed by atoms with Gasteiger partial charge in [0.2, 0.25) is 17.7 Å². The summed E-state index contributed by atoms with van der Waals surface area (Å²) in [5.74, 6) is -1.42. The van der Waals surface area contributed by atoms with E-state index in [-0.39, 0.29) is 41.7 Å². The number of aliphatic hydroxyl groups excluding tert-OH is 1. The molecule has 0 aromatic heterocycles. The SMILES string of the molecule is C[C@@]12CCC3(S1)C(C(=O)NC1CCCCC1)N(CCO)C(=O)[C@@H]3[C@@H]2C(=O)NCc1ccccc1. The van der Waals surface area contributed by atoms with E-state index in [1.807, 2.05) is 30.3 Å². The molecule has 5 atom stereocenters. The van der Waals surface area contributed by atoms with Crippen LogP contribution < -0.4 is 10.6 Å². The van der Waals surface area contributed by atoms with Crippen molar-refractivity contribution in [3.05, 3.63) is 35.9 Å². The van der Waals surface area contributed by atoms with E-state index in [9.17, 15) is 19.5 Å². The lowest BCUT2D eigenvalue weighted by Gasteiger charge is -2.35. The number of benzene rings is 1. The number of fused-ring (bicyclic) bond motifs is 1. The number of thioether (sulfide) groups is 1. The third-order valence-corrected chi connectivity index (χ3v) is 10.4. The van der Waals surface area contributed by atoms with Gasteiger partial charge in [-0.25, -0.2) is 0 Å². The predicted molar refractivity (Wildman–Crippen MR) is 131 cm³/mol. The first kappa shape index (κ1) is 23.7. The molecule has 1 spiro atoms. The smallest absolute Gasteiger partial charge is 0.244 e. The zero-order valence-corrected chi connectivity index (χ0v) is 20.6. The Hall–Kier alpha value is -2.06. The molecule has 7 nitrogen and oxygen atoms in total. The molecule has 1 aromatic rings. The van der Waals surface area contributed by atoms with Crippen molar-refractivity contribution in [2.45, 2.75) is 80.0 Å². The summed E-state index contributed by atoms with van der Waals surface area (Å²) in [5.41, 5.74) is 1.01. The average Bonchev–Trinajstić information content (AvgIpc) is 3.40. The van der Waals surface area contributed by atoms with Gasteiger partial charge in [-0.15, -0.1) is 11.8 Å². The van der Waals surface area contributed by atoms with Crippen LogP contribution in [-0.4, -0.2) is 62.5 Å². The van der Waals surface area contributed by atoms with Crippen molar-refractivity contribution >= 4 is 29.5 Å². The lowest BCUT2D eigenvalue weighted by Crippen LogP contribution is -2.56. The summed E-state index contributed by atoms with van der Waals surface area (Å²) in [7, 11) is 0. The summed E-state index contributed by atoms with van der Waals surface area (Å²) in [4.78, 5) is 42.5. The van der Waals surface area contributed by atoms with Crippen molar-refractivity contribution in [1.82, 2.24) is 15.5 Å². The second-order valence-corrected chi connectivity index (χ2v) is 12.4. The molecule has 34 heavy (non-hydrogen) atoms. The zero-order valence-electron chi connectivity index (χ0n) is 19.8. The van der Waals surface area contributed by atoms with E-state index in [0.717, 1.165) is 44.1 Å². The third kappa shape index (κ3) is 3.83. The van der Waals surface area contributed by atoms with Crippen LogP contribution in [0.5, 0.6) is 0 Å². The number of rotatable bonds is 7. The largest absolute Gasteiger partial charge is 0.395 e. The van der Waals surface area contributed by atoms with Crippen LogP contribution in [-0.2, 0) is 20.9 Å². The predicted octanol–water partition coefficient (Wildman–Crippen LogP) is 2.23. The molecule has 8 heteroatoms. The van der Waals surface area contributed by atoms with E-state index < -0.39 is 22.6 Å².